The predicted molar refractivity (Wildman–Crippen MR) is 64.8 cm³/mol. The summed E-state index contributed by atoms with van der Waals surface area (Å²) in [4.78, 5) is 2.38. The topological polar surface area (TPSA) is 29.3 Å². The van der Waals surface area contributed by atoms with E-state index in [1.54, 1.807) is 0 Å². The summed E-state index contributed by atoms with van der Waals surface area (Å²) in [7, 11) is 0. The van der Waals surface area contributed by atoms with Crippen LogP contribution in [0.1, 0.15) is 46.5 Å². The van der Waals surface area contributed by atoms with Crippen molar-refractivity contribution in [2.45, 2.75) is 52.0 Å². The molecule has 0 aliphatic rings. The Labute approximate surface area is 94.0 Å². The van der Waals surface area contributed by atoms with Crippen LogP contribution in [0.2, 0.25) is 0 Å². The third kappa shape index (κ3) is 4.07. The second-order valence-electron chi connectivity index (χ2n) is 4.17. The van der Waals surface area contributed by atoms with Gasteiger partial charge in [-0.05, 0) is 32.2 Å². The van der Waals surface area contributed by atoms with E-state index in [1.807, 2.05) is 0 Å². The first-order valence-electron chi connectivity index (χ1n) is 6.21. The molecule has 0 aliphatic carbocycles. The van der Waals surface area contributed by atoms with Gasteiger partial charge in [0.25, 0.3) is 0 Å². The second-order valence-corrected chi connectivity index (χ2v) is 4.17. The van der Waals surface area contributed by atoms with Crippen molar-refractivity contribution >= 4 is 0 Å². The minimum atomic E-state index is -0.228. The van der Waals surface area contributed by atoms with E-state index in [4.69, 9.17) is 5.73 Å². The summed E-state index contributed by atoms with van der Waals surface area (Å²) in [5.41, 5.74) is 5.98. The smallest absolute Gasteiger partial charge is 0.0906 e. The van der Waals surface area contributed by atoms with Crippen molar-refractivity contribution in [1.82, 2.24) is 4.90 Å². The first-order valence-corrected chi connectivity index (χ1v) is 6.21. The average molecular weight is 218 g/mol. The Balaban J connectivity index is 4.50. The lowest BCUT2D eigenvalue weighted by Gasteiger charge is -2.42. The van der Waals surface area contributed by atoms with Gasteiger partial charge in [-0.15, -0.1) is 0 Å². The molecule has 0 aromatic carbocycles. The van der Waals surface area contributed by atoms with E-state index in [0.717, 1.165) is 32.4 Å². The van der Waals surface area contributed by atoms with Crippen LogP contribution in [0.25, 0.3) is 0 Å². The highest BCUT2D eigenvalue weighted by molar-refractivity contribution is 4.89. The first kappa shape index (κ1) is 14.8. The lowest BCUT2D eigenvalue weighted by Crippen LogP contribution is -2.53. The number of nitrogens with two attached hydrogens (primary N) is 1. The highest BCUT2D eigenvalue weighted by Gasteiger charge is 2.30. The summed E-state index contributed by atoms with van der Waals surface area (Å²) in [6.45, 7) is 8.82. The summed E-state index contributed by atoms with van der Waals surface area (Å²) in [5, 5.41) is 0. The van der Waals surface area contributed by atoms with E-state index >= 15 is 0 Å². The van der Waals surface area contributed by atoms with Crippen molar-refractivity contribution < 1.29 is 4.39 Å². The van der Waals surface area contributed by atoms with Crippen LogP contribution in [-0.4, -0.2) is 36.7 Å². The number of nitrogens with zero attached hydrogens (tertiary/aromatic N) is 1. The molecule has 0 rings (SSSR count). The number of hydrogen-bond acceptors (Lipinski definition) is 2. The molecule has 92 valence electrons. The van der Waals surface area contributed by atoms with Gasteiger partial charge in [-0.2, -0.15) is 0 Å². The van der Waals surface area contributed by atoms with Crippen LogP contribution in [0.3, 0.4) is 0 Å². The summed E-state index contributed by atoms with van der Waals surface area (Å²) in [6, 6.07) is 0. The summed E-state index contributed by atoms with van der Waals surface area (Å²) in [6.07, 6.45) is 3.83. The molecule has 0 radical (unpaired) electrons. The summed E-state index contributed by atoms with van der Waals surface area (Å²) in [5.74, 6) is 0. The molecule has 0 saturated heterocycles. The molecule has 2 N–H and O–H groups in total. The van der Waals surface area contributed by atoms with Gasteiger partial charge in [-0.3, -0.25) is 9.29 Å². The van der Waals surface area contributed by atoms with Gasteiger partial charge in [0.1, 0.15) is 0 Å². The molecule has 0 spiro atoms. The van der Waals surface area contributed by atoms with Crippen molar-refractivity contribution in [3.05, 3.63) is 0 Å². The molecular formula is C12H27FN2. The zero-order chi connectivity index (χ0) is 11.7. The number of halogens is 1. The maximum atomic E-state index is 12.2. The molecular weight excluding hydrogens is 191 g/mol. The molecule has 0 atom stereocenters. The van der Waals surface area contributed by atoms with Gasteiger partial charge in [0, 0.05) is 18.6 Å². The third-order valence-electron chi connectivity index (χ3n) is 3.42. The molecule has 0 aromatic rings. The fourth-order valence-corrected chi connectivity index (χ4v) is 2.22. The Morgan fingerprint density at radius 3 is 2.07 bits per heavy atom. The van der Waals surface area contributed by atoms with E-state index in [0.29, 0.717) is 13.0 Å². The van der Waals surface area contributed by atoms with Crippen LogP contribution < -0.4 is 5.73 Å². The van der Waals surface area contributed by atoms with Crippen molar-refractivity contribution in [1.29, 1.82) is 0 Å². The number of alkyl halides is 1. The van der Waals surface area contributed by atoms with Crippen LogP contribution in [0.15, 0.2) is 0 Å². The molecule has 2 nitrogen and oxygen atoms in total. The summed E-state index contributed by atoms with van der Waals surface area (Å²) >= 11 is 0. The maximum absolute atomic E-state index is 12.2. The summed E-state index contributed by atoms with van der Waals surface area (Å²) < 4.78 is 12.2. The lowest BCUT2D eigenvalue weighted by atomic mass is 9.90. The fourth-order valence-electron chi connectivity index (χ4n) is 2.22. The highest BCUT2D eigenvalue weighted by Crippen LogP contribution is 2.23. The maximum Gasteiger partial charge on any atom is 0.0906 e. The SMILES string of the molecule is CCCN(CCCF)C(CC)(CC)CN. The van der Waals surface area contributed by atoms with E-state index < -0.39 is 0 Å². The minimum absolute atomic E-state index is 0.0885. The highest BCUT2D eigenvalue weighted by atomic mass is 19.1. The fraction of sp³-hybridized carbons (Fsp3) is 1.00. The van der Waals surface area contributed by atoms with Crippen molar-refractivity contribution in [3.63, 3.8) is 0 Å². The van der Waals surface area contributed by atoms with Crippen molar-refractivity contribution in [2.75, 3.05) is 26.3 Å². The monoisotopic (exact) mass is 218 g/mol. The molecule has 0 bridgehead atoms. The van der Waals surface area contributed by atoms with Crippen LogP contribution in [0.5, 0.6) is 0 Å². The largest absolute Gasteiger partial charge is 0.329 e. The number of hydrogen-bond donors (Lipinski definition) is 1. The third-order valence-corrected chi connectivity index (χ3v) is 3.42. The molecule has 0 unspecified atom stereocenters. The normalized spacial score (nSPS) is 12.4. The van der Waals surface area contributed by atoms with E-state index in [2.05, 4.69) is 25.7 Å². The van der Waals surface area contributed by atoms with Gasteiger partial charge in [0.15, 0.2) is 0 Å². The molecule has 0 saturated carbocycles. The van der Waals surface area contributed by atoms with Gasteiger partial charge in [-0.25, -0.2) is 0 Å². The van der Waals surface area contributed by atoms with Gasteiger partial charge in [-0.1, -0.05) is 20.8 Å². The Morgan fingerprint density at radius 1 is 1.13 bits per heavy atom. The van der Waals surface area contributed by atoms with Gasteiger partial charge >= 0.3 is 0 Å². The van der Waals surface area contributed by atoms with Crippen LogP contribution in [0, 0.1) is 0 Å². The van der Waals surface area contributed by atoms with Crippen molar-refractivity contribution in [3.8, 4) is 0 Å². The van der Waals surface area contributed by atoms with E-state index in [-0.39, 0.29) is 12.2 Å². The van der Waals surface area contributed by atoms with Crippen LogP contribution >= 0.6 is 0 Å². The molecule has 0 aliphatic heterocycles. The van der Waals surface area contributed by atoms with Crippen LogP contribution in [0.4, 0.5) is 4.39 Å². The Morgan fingerprint density at radius 2 is 1.73 bits per heavy atom. The average Bonchev–Trinajstić information content (AvgIpc) is 2.28. The predicted octanol–water partition coefficient (Wildman–Crippen LogP) is 2.58. The van der Waals surface area contributed by atoms with Crippen molar-refractivity contribution in [2.24, 2.45) is 5.73 Å². The minimum Gasteiger partial charge on any atom is -0.329 e. The molecule has 3 heteroatoms. The molecule has 0 heterocycles. The quantitative estimate of drug-likeness (QED) is 0.644. The standard InChI is InChI=1S/C12H27FN2/c1-4-9-15(10-7-8-13)12(5-2,6-3)11-14/h4-11,14H2,1-3H3. The van der Waals surface area contributed by atoms with Crippen LogP contribution in [-0.2, 0) is 0 Å². The zero-order valence-corrected chi connectivity index (χ0v) is 10.6. The first-order chi connectivity index (χ1) is 7.20. The van der Waals surface area contributed by atoms with Gasteiger partial charge in [0.05, 0.1) is 6.67 Å². The van der Waals surface area contributed by atoms with E-state index in [1.165, 1.54) is 0 Å². The molecule has 15 heavy (non-hydrogen) atoms. The second kappa shape index (κ2) is 8.05. The number of rotatable bonds is 9. The Hall–Kier alpha value is -0.150. The van der Waals surface area contributed by atoms with Gasteiger partial charge < -0.3 is 5.73 Å². The Kier molecular flexibility index (Phi) is 7.97. The molecule has 0 amide bonds. The zero-order valence-electron chi connectivity index (χ0n) is 10.6. The molecule has 0 fully saturated rings. The van der Waals surface area contributed by atoms with Gasteiger partial charge in [0.2, 0.25) is 0 Å². The lowest BCUT2D eigenvalue weighted by molar-refractivity contribution is 0.0811. The van der Waals surface area contributed by atoms with E-state index in [9.17, 15) is 4.39 Å². The molecule has 0 aromatic heterocycles. The Bertz CT molecular complexity index is 138.